The molecule has 1 aliphatic heterocycles. The van der Waals surface area contributed by atoms with E-state index in [9.17, 15) is 9.90 Å². The number of rotatable bonds is 12. The van der Waals surface area contributed by atoms with Crippen molar-refractivity contribution in [3.05, 3.63) is 102 Å². The fourth-order valence-electron chi connectivity index (χ4n) is 6.80. The molecule has 10 nitrogen and oxygen atoms in total. The lowest BCUT2D eigenvalue weighted by Gasteiger charge is -2.28. The number of hydrogen-bond acceptors (Lipinski definition) is 7. The van der Waals surface area contributed by atoms with E-state index in [0.29, 0.717) is 26.1 Å². The molecule has 2 aromatic heterocycles. The Morgan fingerprint density at radius 1 is 0.940 bits per heavy atom. The number of nitrogens with zero attached hydrogens (tertiary/aromatic N) is 3. The van der Waals surface area contributed by atoms with Crippen LogP contribution in [0.3, 0.4) is 0 Å². The molecule has 0 amide bonds. The molecule has 0 spiro atoms. The van der Waals surface area contributed by atoms with Gasteiger partial charge in [-0.05, 0) is 54.5 Å². The van der Waals surface area contributed by atoms with Crippen LogP contribution in [0.4, 0.5) is 10.5 Å². The minimum atomic E-state index is -1.37. The molecule has 10 heteroatoms. The van der Waals surface area contributed by atoms with Gasteiger partial charge in [0.15, 0.2) is 0 Å². The fourth-order valence-corrected chi connectivity index (χ4v) is 6.80. The number of hydrogen-bond donors (Lipinski definition) is 2. The first-order valence-corrected chi connectivity index (χ1v) is 17.1. The zero-order valence-electron chi connectivity index (χ0n) is 28.6. The Morgan fingerprint density at radius 2 is 1.68 bits per heavy atom. The third kappa shape index (κ3) is 6.84. The Morgan fingerprint density at radius 3 is 2.46 bits per heavy atom. The molecule has 0 aliphatic carbocycles. The number of aryl methyl sites for hydroxylation is 2. The van der Waals surface area contributed by atoms with Gasteiger partial charge in [0, 0.05) is 53.3 Å². The van der Waals surface area contributed by atoms with Gasteiger partial charge in [-0.25, -0.2) is 4.79 Å². The summed E-state index contributed by atoms with van der Waals surface area (Å²) in [5.41, 5.74) is 6.46. The van der Waals surface area contributed by atoms with E-state index in [1.54, 1.807) is 0 Å². The Hall–Kier alpha value is -5.48. The van der Waals surface area contributed by atoms with E-state index in [2.05, 4.69) is 54.1 Å². The van der Waals surface area contributed by atoms with Crippen LogP contribution in [0, 0.1) is 0 Å². The number of nitrogens with one attached hydrogen (secondary N) is 1. The monoisotopic (exact) mass is 674 g/mol. The van der Waals surface area contributed by atoms with E-state index >= 15 is 0 Å². The first-order chi connectivity index (χ1) is 24.4. The van der Waals surface area contributed by atoms with E-state index < -0.39 is 6.16 Å². The molecule has 50 heavy (non-hydrogen) atoms. The van der Waals surface area contributed by atoms with Crippen LogP contribution >= 0.6 is 0 Å². The number of para-hydroxylation sites is 1. The highest BCUT2D eigenvalue weighted by atomic mass is 16.7. The van der Waals surface area contributed by atoms with Crippen LogP contribution in [0.2, 0.25) is 0 Å². The SMILES string of the molecule is CC(C)c1nn(C)c(COc2ccc(N3CCOCC3)cc2)c1-c1cccc2c(CCCOc3cccc4ccccc34)c(OC(=O)O)[nH]c12. The lowest BCUT2D eigenvalue weighted by Crippen LogP contribution is -2.36. The van der Waals surface area contributed by atoms with Gasteiger partial charge in [0.25, 0.3) is 0 Å². The highest BCUT2D eigenvalue weighted by Gasteiger charge is 2.25. The average Bonchev–Trinajstić information content (AvgIpc) is 3.65. The summed E-state index contributed by atoms with van der Waals surface area (Å²) in [5, 5.41) is 17.7. The Labute approximate surface area is 291 Å². The first-order valence-electron chi connectivity index (χ1n) is 17.1. The van der Waals surface area contributed by atoms with Crippen molar-refractivity contribution in [1.82, 2.24) is 14.8 Å². The number of aromatic nitrogens is 3. The molecular formula is C40H42N4O6. The Kier molecular flexibility index (Phi) is 9.62. The van der Waals surface area contributed by atoms with Crippen LogP contribution in [0.25, 0.3) is 32.8 Å². The largest absolute Gasteiger partial charge is 0.512 e. The lowest BCUT2D eigenvalue weighted by molar-refractivity contribution is 0.122. The smallest absolute Gasteiger partial charge is 0.493 e. The number of carboxylic acid groups (broad SMARTS) is 1. The summed E-state index contributed by atoms with van der Waals surface area (Å²) >= 11 is 0. The molecule has 1 saturated heterocycles. The quantitative estimate of drug-likeness (QED) is 0.0985. The number of carbonyl (C=O) groups is 1. The van der Waals surface area contributed by atoms with Gasteiger partial charge in [-0.3, -0.25) is 4.68 Å². The standard InChI is InChI=1S/C40H42N4O6/c1-26(2)37-36(34(43(3)42-37)25-49-29-18-16-28(17-19-29)44-20-23-47-24-21-44)33-13-7-12-31-32(39(41-38(31)33)50-40(45)46)14-8-22-48-35-15-6-10-27-9-4-5-11-30(27)35/h4-7,9-13,15-19,26,41H,8,14,20-25H2,1-3H3,(H,45,46). The summed E-state index contributed by atoms with van der Waals surface area (Å²) in [6.07, 6.45) is -0.161. The highest BCUT2D eigenvalue weighted by Crippen LogP contribution is 2.40. The second-order valence-corrected chi connectivity index (χ2v) is 12.8. The number of aromatic amines is 1. The molecule has 1 aliphatic rings. The molecule has 0 bridgehead atoms. The van der Waals surface area contributed by atoms with Crippen LogP contribution in [-0.2, 0) is 24.8 Å². The molecule has 1 fully saturated rings. The molecule has 0 saturated carbocycles. The highest BCUT2D eigenvalue weighted by molar-refractivity contribution is 5.99. The van der Waals surface area contributed by atoms with E-state index in [4.69, 9.17) is 24.0 Å². The van der Waals surface area contributed by atoms with Gasteiger partial charge < -0.3 is 33.9 Å². The molecule has 6 aromatic rings. The number of ether oxygens (including phenoxy) is 4. The maximum atomic E-state index is 11.8. The second-order valence-electron chi connectivity index (χ2n) is 12.8. The van der Waals surface area contributed by atoms with Gasteiger partial charge in [-0.15, -0.1) is 0 Å². The van der Waals surface area contributed by atoms with Gasteiger partial charge >= 0.3 is 6.16 Å². The van der Waals surface area contributed by atoms with Gasteiger partial charge in [-0.1, -0.05) is 68.4 Å². The molecule has 0 unspecified atom stereocenters. The van der Waals surface area contributed by atoms with Crippen LogP contribution in [-0.4, -0.2) is 58.9 Å². The molecule has 3 heterocycles. The van der Waals surface area contributed by atoms with E-state index in [1.807, 2.05) is 66.3 Å². The number of fused-ring (bicyclic) bond motifs is 2. The summed E-state index contributed by atoms with van der Waals surface area (Å²) < 4.78 is 25.3. The predicted octanol–water partition coefficient (Wildman–Crippen LogP) is 8.33. The summed E-state index contributed by atoms with van der Waals surface area (Å²) in [5.74, 6) is 1.94. The topological polar surface area (TPSA) is 111 Å². The molecule has 7 rings (SSSR count). The van der Waals surface area contributed by atoms with E-state index in [1.165, 1.54) is 0 Å². The summed E-state index contributed by atoms with van der Waals surface area (Å²) in [4.78, 5) is 17.5. The number of anilines is 1. The van der Waals surface area contributed by atoms with Crippen molar-refractivity contribution in [2.45, 2.75) is 39.2 Å². The third-order valence-electron chi connectivity index (χ3n) is 9.27. The van der Waals surface area contributed by atoms with Crippen molar-refractivity contribution >= 4 is 33.5 Å². The normalized spacial score (nSPS) is 13.3. The van der Waals surface area contributed by atoms with Gasteiger partial charge in [0.05, 0.1) is 36.7 Å². The van der Waals surface area contributed by atoms with E-state index in [0.717, 1.165) is 93.2 Å². The van der Waals surface area contributed by atoms with Crippen LogP contribution in [0.5, 0.6) is 17.4 Å². The fraction of sp³-hybridized carbons (Fsp3) is 0.300. The summed E-state index contributed by atoms with van der Waals surface area (Å²) in [7, 11) is 1.94. The first kappa shape index (κ1) is 33.0. The summed E-state index contributed by atoms with van der Waals surface area (Å²) in [6.45, 7) is 8.23. The zero-order chi connectivity index (χ0) is 34.6. The van der Waals surface area contributed by atoms with Crippen LogP contribution in [0.15, 0.2) is 84.9 Å². The lowest BCUT2D eigenvalue weighted by atomic mass is 9.95. The van der Waals surface area contributed by atoms with E-state index in [-0.39, 0.29) is 11.8 Å². The van der Waals surface area contributed by atoms with Crippen molar-refractivity contribution in [1.29, 1.82) is 0 Å². The van der Waals surface area contributed by atoms with Crippen LogP contribution < -0.4 is 19.1 Å². The van der Waals surface area contributed by atoms with Crippen molar-refractivity contribution in [3.63, 3.8) is 0 Å². The van der Waals surface area contributed by atoms with Crippen molar-refractivity contribution < 1.29 is 28.8 Å². The molecule has 2 N–H and O–H groups in total. The predicted molar refractivity (Wildman–Crippen MR) is 195 cm³/mol. The number of H-pyrrole nitrogens is 1. The zero-order valence-corrected chi connectivity index (χ0v) is 28.6. The van der Waals surface area contributed by atoms with Gasteiger partial charge in [-0.2, -0.15) is 5.10 Å². The molecule has 4 aromatic carbocycles. The molecule has 0 atom stereocenters. The minimum absolute atomic E-state index is 0.128. The third-order valence-corrected chi connectivity index (χ3v) is 9.27. The van der Waals surface area contributed by atoms with Gasteiger partial charge in [0.2, 0.25) is 5.88 Å². The van der Waals surface area contributed by atoms with Crippen molar-refractivity contribution in [2.24, 2.45) is 7.05 Å². The summed E-state index contributed by atoms with van der Waals surface area (Å²) in [6, 6.07) is 28.4. The maximum Gasteiger partial charge on any atom is 0.512 e. The van der Waals surface area contributed by atoms with Crippen molar-refractivity contribution in [3.8, 4) is 28.5 Å². The maximum absolute atomic E-state index is 11.8. The van der Waals surface area contributed by atoms with Gasteiger partial charge in [0.1, 0.15) is 18.1 Å². The molecule has 0 radical (unpaired) electrons. The number of benzene rings is 4. The van der Waals surface area contributed by atoms with Crippen molar-refractivity contribution in [2.75, 3.05) is 37.8 Å². The Balaban J connectivity index is 1.16. The second kappa shape index (κ2) is 14.6. The van der Waals surface area contributed by atoms with Crippen LogP contribution in [0.1, 0.15) is 43.1 Å². The number of morpholine rings is 1. The minimum Gasteiger partial charge on any atom is -0.493 e. The molecular weight excluding hydrogens is 632 g/mol. The molecule has 258 valence electrons. The average molecular weight is 675 g/mol. The Bertz CT molecular complexity index is 2110.